The highest BCUT2D eigenvalue weighted by Crippen LogP contribution is 2.40. The molecule has 0 spiro atoms. The molecule has 3 rings (SSSR count). The third kappa shape index (κ3) is 6.13. The second-order valence-electron chi connectivity index (χ2n) is 9.38. The van der Waals surface area contributed by atoms with Crippen LogP contribution in [-0.4, -0.2) is 20.9 Å². The summed E-state index contributed by atoms with van der Waals surface area (Å²) < 4.78 is 12.4. The van der Waals surface area contributed by atoms with Crippen LogP contribution >= 0.6 is 0 Å². The molecule has 0 saturated carbocycles. The first-order valence-electron chi connectivity index (χ1n) is 12.0. The fraction of sp³-hybridized carbons (Fsp3) is 0.300. The molecule has 0 heterocycles. The quantitative estimate of drug-likeness (QED) is 0.200. The zero-order valence-corrected chi connectivity index (χ0v) is 21.7. The van der Waals surface area contributed by atoms with Crippen molar-refractivity contribution in [2.45, 2.75) is 51.7 Å². The van der Waals surface area contributed by atoms with Gasteiger partial charge in [-0.2, -0.15) is 0 Å². The van der Waals surface area contributed by atoms with Crippen LogP contribution in [0.4, 0.5) is 0 Å². The van der Waals surface area contributed by atoms with Gasteiger partial charge in [0.25, 0.3) is 8.32 Å². The fourth-order valence-electron chi connectivity index (χ4n) is 4.40. The molecule has 0 aromatic heterocycles. The van der Waals surface area contributed by atoms with Gasteiger partial charge in [-0.05, 0) is 34.3 Å². The van der Waals surface area contributed by atoms with Crippen LogP contribution in [0.3, 0.4) is 0 Å². The minimum Gasteiger partial charge on any atom is -0.466 e. The molecule has 0 aliphatic carbocycles. The Morgan fingerprint density at radius 1 is 0.853 bits per heavy atom. The van der Waals surface area contributed by atoms with E-state index in [0.29, 0.717) is 19.4 Å². The van der Waals surface area contributed by atoms with Gasteiger partial charge in [-0.25, -0.2) is 0 Å². The van der Waals surface area contributed by atoms with Gasteiger partial charge in [-0.3, -0.25) is 4.79 Å². The molecule has 178 valence electrons. The van der Waals surface area contributed by atoms with Gasteiger partial charge in [0.15, 0.2) is 0 Å². The number of benzene rings is 3. The van der Waals surface area contributed by atoms with Gasteiger partial charge in [0.1, 0.15) is 0 Å². The lowest BCUT2D eigenvalue weighted by Gasteiger charge is -2.45. The summed E-state index contributed by atoms with van der Waals surface area (Å²) in [6, 6.07) is 31.7. The Kier molecular flexibility index (Phi) is 9.03. The molecule has 0 bridgehead atoms. The molecule has 3 aromatic carbocycles. The van der Waals surface area contributed by atoms with Crippen LogP contribution in [0, 0.1) is 0 Å². The predicted molar refractivity (Wildman–Crippen MR) is 143 cm³/mol. The third-order valence-electron chi connectivity index (χ3n) is 5.98. The van der Waals surface area contributed by atoms with Crippen molar-refractivity contribution in [1.82, 2.24) is 0 Å². The molecule has 3 aromatic rings. The van der Waals surface area contributed by atoms with Crippen LogP contribution in [0.2, 0.25) is 5.04 Å². The SMILES string of the molecule is CCOC(=O)CC/C=C\[C@@H](O[Si](c1ccccc1)(c1ccccc1)C(C)(C)C)c1ccccc1. The maximum Gasteiger partial charge on any atom is 0.306 e. The molecule has 34 heavy (non-hydrogen) atoms. The highest BCUT2D eigenvalue weighted by Gasteiger charge is 2.51. The van der Waals surface area contributed by atoms with Gasteiger partial charge in [-0.1, -0.05) is 124 Å². The van der Waals surface area contributed by atoms with Gasteiger partial charge in [0.2, 0.25) is 0 Å². The Bertz CT molecular complexity index is 1000. The Balaban J connectivity index is 2.07. The first kappa shape index (κ1) is 25.7. The Morgan fingerprint density at radius 2 is 1.35 bits per heavy atom. The van der Waals surface area contributed by atoms with E-state index in [1.807, 2.05) is 31.2 Å². The molecule has 1 atom stereocenters. The highest BCUT2D eigenvalue weighted by atomic mass is 28.4. The average molecular weight is 473 g/mol. The van der Waals surface area contributed by atoms with E-state index in [2.05, 4.69) is 99.6 Å². The molecule has 0 saturated heterocycles. The number of esters is 1. The van der Waals surface area contributed by atoms with Crippen LogP contribution in [0.1, 0.15) is 52.2 Å². The number of carbonyl (C=O) groups excluding carboxylic acids is 1. The topological polar surface area (TPSA) is 35.5 Å². The molecule has 0 amide bonds. The number of rotatable bonds is 10. The van der Waals surface area contributed by atoms with E-state index in [1.54, 1.807) is 0 Å². The molecular weight excluding hydrogens is 436 g/mol. The predicted octanol–water partition coefficient (Wildman–Crippen LogP) is 6.20. The fourth-order valence-corrected chi connectivity index (χ4v) is 9.01. The highest BCUT2D eigenvalue weighted by molar-refractivity contribution is 6.99. The summed E-state index contributed by atoms with van der Waals surface area (Å²) in [4.78, 5) is 11.8. The third-order valence-corrected chi connectivity index (χ3v) is 11.0. The zero-order valence-electron chi connectivity index (χ0n) is 20.7. The standard InChI is InChI=1S/C30H36O3Si/c1-5-32-29(31)24-16-15-23-28(25-17-9-6-10-18-25)33-34(30(2,3)4,26-19-11-7-12-20-26)27-21-13-8-14-22-27/h6-15,17-23,28H,5,16,24H2,1-4H3/b23-15-/t28-/m1/s1. The lowest BCUT2D eigenvalue weighted by atomic mass is 10.1. The lowest BCUT2D eigenvalue weighted by molar-refractivity contribution is -0.143. The number of hydrogen-bond acceptors (Lipinski definition) is 3. The number of carbonyl (C=O) groups is 1. The number of ether oxygens (including phenoxy) is 1. The molecule has 0 aliphatic rings. The van der Waals surface area contributed by atoms with Crippen LogP contribution in [0.25, 0.3) is 0 Å². The van der Waals surface area contributed by atoms with Crippen molar-refractivity contribution in [3.63, 3.8) is 0 Å². The van der Waals surface area contributed by atoms with Crippen molar-refractivity contribution >= 4 is 24.7 Å². The maximum absolute atomic E-state index is 11.8. The van der Waals surface area contributed by atoms with Crippen molar-refractivity contribution in [3.05, 3.63) is 109 Å². The van der Waals surface area contributed by atoms with Crippen LogP contribution in [0.15, 0.2) is 103 Å². The van der Waals surface area contributed by atoms with E-state index < -0.39 is 8.32 Å². The summed E-state index contributed by atoms with van der Waals surface area (Å²) in [5, 5.41) is 2.37. The summed E-state index contributed by atoms with van der Waals surface area (Å²) >= 11 is 0. The van der Waals surface area contributed by atoms with Crippen molar-refractivity contribution in [2.75, 3.05) is 6.61 Å². The molecule has 3 nitrogen and oxygen atoms in total. The van der Waals surface area contributed by atoms with E-state index in [-0.39, 0.29) is 17.1 Å². The normalized spacial score (nSPS) is 13.1. The zero-order chi connectivity index (χ0) is 24.4. The molecule has 0 fully saturated rings. The number of hydrogen-bond donors (Lipinski definition) is 0. The molecule has 4 heteroatoms. The van der Waals surface area contributed by atoms with Gasteiger partial charge in [-0.15, -0.1) is 0 Å². The van der Waals surface area contributed by atoms with Crippen LogP contribution < -0.4 is 10.4 Å². The molecule has 0 unspecified atom stereocenters. The molecular formula is C30H36O3Si. The summed E-state index contributed by atoms with van der Waals surface area (Å²) in [6.45, 7) is 9.09. The number of allylic oxidation sites excluding steroid dienone is 1. The minimum absolute atomic E-state index is 0.124. The monoisotopic (exact) mass is 472 g/mol. The van der Waals surface area contributed by atoms with E-state index in [9.17, 15) is 4.79 Å². The Hall–Kier alpha value is -2.95. The van der Waals surface area contributed by atoms with Crippen LogP contribution in [-0.2, 0) is 14.0 Å². The average Bonchev–Trinajstić information content (AvgIpc) is 2.85. The summed E-state index contributed by atoms with van der Waals surface area (Å²) in [5.74, 6) is -0.170. The Labute approximate surface area is 205 Å². The van der Waals surface area contributed by atoms with E-state index >= 15 is 0 Å². The van der Waals surface area contributed by atoms with Crippen molar-refractivity contribution in [3.8, 4) is 0 Å². The maximum atomic E-state index is 11.8. The van der Waals surface area contributed by atoms with E-state index in [4.69, 9.17) is 9.16 Å². The first-order valence-corrected chi connectivity index (χ1v) is 14.0. The van der Waals surface area contributed by atoms with Crippen LogP contribution in [0.5, 0.6) is 0 Å². The summed E-state index contributed by atoms with van der Waals surface area (Å²) in [6.07, 6.45) is 4.90. The van der Waals surface area contributed by atoms with Gasteiger partial charge >= 0.3 is 5.97 Å². The van der Waals surface area contributed by atoms with Gasteiger partial charge in [0.05, 0.1) is 12.7 Å². The van der Waals surface area contributed by atoms with Crippen molar-refractivity contribution < 1.29 is 14.0 Å². The smallest absolute Gasteiger partial charge is 0.306 e. The second kappa shape index (κ2) is 12.0. The van der Waals surface area contributed by atoms with Gasteiger partial charge < -0.3 is 9.16 Å². The molecule has 0 radical (unpaired) electrons. The lowest BCUT2D eigenvalue weighted by Crippen LogP contribution is -2.66. The Morgan fingerprint density at radius 3 is 1.82 bits per heavy atom. The molecule has 0 aliphatic heterocycles. The van der Waals surface area contributed by atoms with Crippen molar-refractivity contribution in [2.24, 2.45) is 0 Å². The largest absolute Gasteiger partial charge is 0.466 e. The van der Waals surface area contributed by atoms with E-state index in [1.165, 1.54) is 10.4 Å². The molecule has 0 N–H and O–H groups in total. The van der Waals surface area contributed by atoms with Crippen molar-refractivity contribution in [1.29, 1.82) is 0 Å². The summed E-state index contributed by atoms with van der Waals surface area (Å²) in [7, 11) is -2.73. The van der Waals surface area contributed by atoms with E-state index in [0.717, 1.165) is 5.56 Å². The van der Waals surface area contributed by atoms with Gasteiger partial charge in [0, 0.05) is 6.42 Å². The first-order chi connectivity index (χ1) is 16.4. The minimum atomic E-state index is -2.73. The summed E-state index contributed by atoms with van der Waals surface area (Å²) in [5.41, 5.74) is 1.10. The second-order valence-corrected chi connectivity index (χ2v) is 13.6.